The van der Waals surface area contributed by atoms with Crippen LogP contribution in [-0.2, 0) is 23.2 Å². The Morgan fingerprint density at radius 2 is 1.91 bits per heavy atom. The lowest BCUT2D eigenvalue weighted by Crippen LogP contribution is -2.15. The lowest BCUT2D eigenvalue weighted by molar-refractivity contribution is -0.0964. The van der Waals surface area contributed by atoms with Crippen molar-refractivity contribution < 1.29 is 27.2 Å². The maximum atomic E-state index is 12.9. The summed E-state index contributed by atoms with van der Waals surface area (Å²) in [6.45, 7) is 0.352. The first kappa shape index (κ1) is 22.9. The molecule has 1 atom stereocenters. The van der Waals surface area contributed by atoms with E-state index in [1.807, 2.05) is 30.3 Å². The van der Waals surface area contributed by atoms with E-state index in [9.17, 15) is 13.0 Å². The molecule has 2 aromatic carbocycles. The number of ether oxygens (including phenoxy) is 3. The summed E-state index contributed by atoms with van der Waals surface area (Å²) in [5.74, 6) is 0.823. The average molecular weight is 494 g/mol. The predicted molar refractivity (Wildman–Crippen MR) is 119 cm³/mol. The van der Waals surface area contributed by atoms with Crippen LogP contribution in [-0.4, -0.2) is 31.8 Å². The summed E-state index contributed by atoms with van der Waals surface area (Å²) in [7, 11) is -0.0749. The summed E-state index contributed by atoms with van der Waals surface area (Å²) in [5.41, 5.74) is -1.51. The SMILES string of the molecule is COc1cc(CS(=O)c2nc3ccc(OC(F)(F)Cl)cc3[nH]2)ncc1OCc1ccccc1. The van der Waals surface area contributed by atoms with Gasteiger partial charge in [0.15, 0.2) is 16.7 Å². The lowest BCUT2D eigenvalue weighted by Gasteiger charge is -2.11. The minimum absolute atomic E-state index is 0.0538. The number of nitrogens with zero attached hydrogens (tertiary/aromatic N) is 2. The van der Waals surface area contributed by atoms with Gasteiger partial charge in [0, 0.05) is 23.7 Å². The maximum Gasteiger partial charge on any atom is 0.487 e. The summed E-state index contributed by atoms with van der Waals surface area (Å²) in [6.07, 6.45) is 1.52. The molecule has 4 rings (SSSR count). The molecular weight excluding hydrogens is 476 g/mol. The van der Waals surface area contributed by atoms with Crippen molar-refractivity contribution in [1.82, 2.24) is 15.0 Å². The van der Waals surface area contributed by atoms with Crippen molar-refractivity contribution in [3.8, 4) is 17.2 Å². The number of benzene rings is 2. The number of alkyl halides is 3. The van der Waals surface area contributed by atoms with Crippen LogP contribution in [0.4, 0.5) is 8.78 Å². The summed E-state index contributed by atoms with van der Waals surface area (Å²) >= 11 is 4.80. The predicted octanol–water partition coefficient (Wildman–Crippen LogP) is 5.02. The monoisotopic (exact) mass is 493 g/mol. The van der Waals surface area contributed by atoms with Crippen molar-refractivity contribution in [2.45, 2.75) is 23.1 Å². The summed E-state index contributed by atoms with van der Waals surface area (Å²) < 4.78 is 54.0. The summed E-state index contributed by atoms with van der Waals surface area (Å²) in [6, 6.07) is 15.4. The van der Waals surface area contributed by atoms with Gasteiger partial charge in [-0.3, -0.25) is 9.19 Å². The van der Waals surface area contributed by atoms with E-state index in [2.05, 4.69) is 19.7 Å². The second kappa shape index (κ2) is 9.72. The Bertz CT molecular complexity index is 1280. The highest BCUT2D eigenvalue weighted by molar-refractivity contribution is 7.84. The smallest absolute Gasteiger partial charge is 0.487 e. The highest BCUT2D eigenvalue weighted by Gasteiger charge is 2.27. The van der Waals surface area contributed by atoms with E-state index >= 15 is 0 Å². The number of pyridine rings is 1. The summed E-state index contributed by atoms with van der Waals surface area (Å²) in [4.78, 5) is 11.4. The Morgan fingerprint density at radius 3 is 2.64 bits per heavy atom. The number of nitrogens with one attached hydrogen (secondary N) is 1. The Balaban J connectivity index is 1.46. The molecule has 2 heterocycles. The number of rotatable bonds is 9. The van der Waals surface area contributed by atoms with E-state index in [4.69, 9.17) is 21.1 Å². The number of halogens is 3. The molecule has 2 aromatic heterocycles. The standard InChI is InChI=1S/C22H18ClF2N3O4S/c1-30-19-9-15(26-11-20(19)31-12-14-5-3-2-4-6-14)13-33(29)21-27-17-8-7-16(10-18(17)28-21)32-22(23,24)25/h2-11H,12-13H2,1H3,(H,27,28). The molecule has 4 aromatic rings. The number of aromatic amines is 1. The van der Waals surface area contributed by atoms with Crippen LogP contribution in [0.3, 0.4) is 0 Å². The molecular formula is C22H18ClF2N3O4S. The minimum atomic E-state index is -3.83. The molecule has 172 valence electrons. The molecule has 7 nitrogen and oxygen atoms in total. The van der Waals surface area contributed by atoms with Crippen molar-refractivity contribution in [3.63, 3.8) is 0 Å². The van der Waals surface area contributed by atoms with Crippen LogP contribution in [0, 0.1) is 0 Å². The Kier molecular flexibility index (Phi) is 6.75. The van der Waals surface area contributed by atoms with Crippen LogP contribution in [0.25, 0.3) is 11.0 Å². The van der Waals surface area contributed by atoms with E-state index in [-0.39, 0.29) is 16.7 Å². The third kappa shape index (κ3) is 5.96. The fourth-order valence-electron chi connectivity index (χ4n) is 3.02. The highest BCUT2D eigenvalue weighted by Crippen LogP contribution is 2.29. The maximum absolute atomic E-state index is 12.9. The van der Waals surface area contributed by atoms with Crippen molar-refractivity contribution in [2.75, 3.05) is 7.11 Å². The number of hydrogen-bond donors (Lipinski definition) is 1. The summed E-state index contributed by atoms with van der Waals surface area (Å²) in [5, 5.41) is 0.171. The number of hydrogen-bond acceptors (Lipinski definition) is 6. The van der Waals surface area contributed by atoms with Crippen LogP contribution in [0.5, 0.6) is 17.2 Å². The van der Waals surface area contributed by atoms with E-state index in [1.165, 1.54) is 31.5 Å². The highest BCUT2D eigenvalue weighted by atomic mass is 35.5. The molecule has 0 saturated carbocycles. The molecule has 0 saturated heterocycles. The second-order valence-corrected chi connectivity index (χ2v) is 8.67. The molecule has 0 radical (unpaired) electrons. The van der Waals surface area contributed by atoms with Crippen molar-refractivity contribution in [2.24, 2.45) is 0 Å². The molecule has 1 unspecified atom stereocenters. The van der Waals surface area contributed by atoms with Gasteiger partial charge in [0.25, 0.3) is 0 Å². The first-order valence-electron chi connectivity index (χ1n) is 9.64. The van der Waals surface area contributed by atoms with Crippen LogP contribution in [0.1, 0.15) is 11.3 Å². The van der Waals surface area contributed by atoms with Gasteiger partial charge in [0.2, 0.25) is 0 Å². The second-order valence-electron chi connectivity index (χ2n) is 6.86. The number of aromatic nitrogens is 3. The molecule has 1 N–H and O–H groups in total. The molecule has 0 bridgehead atoms. The molecule has 11 heteroatoms. The number of imidazole rings is 1. The van der Waals surface area contributed by atoms with Crippen molar-refractivity contribution in [1.29, 1.82) is 0 Å². The molecule has 0 spiro atoms. The third-order valence-corrected chi connectivity index (χ3v) is 5.76. The molecule has 0 aliphatic carbocycles. The lowest BCUT2D eigenvalue weighted by atomic mass is 10.2. The van der Waals surface area contributed by atoms with Gasteiger partial charge in [0.1, 0.15) is 12.4 Å². The van der Waals surface area contributed by atoms with E-state index in [0.717, 1.165) is 5.56 Å². The zero-order chi connectivity index (χ0) is 23.4. The first-order valence-corrected chi connectivity index (χ1v) is 11.3. The zero-order valence-corrected chi connectivity index (χ0v) is 18.8. The molecule has 0 fully saturated rings. The van der Waals surface area contributed by atoms with Gasteiger partial charge in [0.05, 0.1) is 46.6 Å². The fraction of sp³-hybridized carbons (Fsp3) is 0.182. The van der Waals surface area contributed by atoms with Gasteiger partial charge < -0.3 is 19.2 Å². The largest absolute Gasteiger partial charge is 0.493 e. The topological polar surface area (TPSA) is 86.3 Å². The van der Waals surface area contributed by atoms with Crippen LogP contribution < -0.4 is 14.2 Å². The van der Waals surface area contributed by atoms with E-state index in [0.29, 0.717) is 34.8 Å². The fourth-order valence-corrected chi connectivity index (χ4v) is 4.10. The number of fused-ring (bicyclic) bond motifs is 1. The minimum Gasteiger partial charge on any atom is -0.493 e. The van der Waals surface area contributed by atoms with Crippen molar-refractivity contribution in [3.05, 3.63) is 72.1 Å². The van der Waals surface area contributed by atoms with E-state index in [1.54, 1.807) is 6.07 Å². The zero-order valence-electron chi connectivity index (χ0n) is 17.3. The van der Waals surface area contributed by atoms with Gasteiger partial charge in [-0.15, -0.1) is 8.78 Å². The van der Waals surface area contributed by atoms with E-state index < -0.39 is 16.4 Å². The molecule has 0 aliphatic rings. The number of methoxy groups -OCH3 is 1. The van der Waals surface area contributed by atoms with Gasteiger partial charge in [-0.2, -0.15) is 0 Å². The Hall–Kier alpha value is -3.24. The molecule has 33 heavy (non-hydrogen) atoms. The molecule has 0 aliphatic heterocycles. The first-order chi connectivity index (χ1) is 15.8. The van der Waals surface area contributed by atoms with Gasteiger partial charge in [-0.1, -0.05) is 30.3 Å². The van der Waals surface area contributed by atoms with Crippen LogP contribution in [0.15, 0.2) is 66.0 Å². The quantitative estimate of drug-likeness (QED) is 0.329. The van der Waals surface area contributed by atoms with Gasteiger partial charge in [-0.25, -0.2) is 4.98 Å². The third-order valence-electron chi connectivity index (χ3n) is 4.51. The molecule has 0 amide bonds. The van der Waals surface area contributed by atoms with Gasteiger partial charge in [-0.05, 0) is 17.7 Å². The van der Waals surface area contributed by atoms with Crippen LogP contribution >= 0.6 is 11.6 Å². The Morgan fingerprint density at radius 1 is 1.12 bits per heavy atom. The van der Waals surface area contributed by atoms with Crippen LogP contribution in [0.2, 0.25) is 0 Å². The Labute approximate surface area is 195 Å². The van der Waals surface area contributed by atoms with Crippen molar-refractivity contribution >= 4 is 33.4 Å². The normalized spacial score (nSPS) is 12.5. The number of H-pyrrole nitrogens is 1. The average Bonchev–Trinajstić information content (AvgIpc) is 3.21. The van der Waals surface area contributed by atoms with Gasteiger partial charge >= 0.3 is 5.57 Å².